The van der Waals surface area contributed by atoms with Crippen molar-refractivity contribution in [1.29, 1.82) is 0 Å². The van der Waals surface area contributed by atoms with Gasteiger partial charge in [-0.2, -0.15) is 0 Å². The Morgan fingerprint density at radius 1 is 0.606 bits per heavy atom. The lowest BCUT2D eigenvalue weighted by molar-refractivity contribution is -0.0892. The average Bonchev–Trinajstić information content (AvgIpc) is 2.81. The van der Waals surface area contributed by atoms with Gasteiger partial charge in [0, 0.05) is 0 Å². The molecule has 0 bridgehead atoms. The van der Waals surface area contributed by atoms with Crippen LogP contribution in [-0.2, 0) is 4.65 Å². The van der Waals surface area contributed by atoms with Gasteiger partial charge in [0.05, 0.1) is 11.2 Å². The molecule has 2 nitrogen and oxygen atoms in total. The van der Waals surface area contributed by atoms with Crippen molar-refractivity contribution in [3.8, 4) is 11.1 Å². The van der Waals surface area contributed by atoms with Gasteiger partial charge in [-0.15, -0.1) is 0 Å². The molecule has 0 unspecified atom stereocenters. The van der Waals surface area contributed by atoms with E-state index in [1.165, 1.54) is 43.4 Å². The highest BCUT2D eigenvalue weighted by Crippen LogP contribution is 2.39. The molecule has 0 atom stereocenters. The average molecular weight is 432 g/mol. The molecule has 33 heavy (non-hydrogen) atoms. The smallest absolute Gasteiger partial charge is 0.310 e. The van der Waals surface area contributed by atoms with Crippen LogP contribution in [0.25, 0.3) is 43.4 Å². The zero-order valence-corrected chi connectivity index (χ0v) is 19.7. The van der Waals surface area contributed by atoms with Crippen molar-refractivity contribution >= 4 is 45.3 Å². The van der Waals surface area contributed by atoms with Gasteiger partial charge in [0.2, 0.25) is 0 Å². The largest absolute Gasteiger partial charge is 0.427 e. The topological polar surface area (TPSA) is 29.5 Å². The molecular formula is C30H29BO2. The van der Waals surface area contributed by atoms with Crippen LogP contribution in [0.4, 0.5) is 0 Å². The third kappa shape index (κ3) is 3.72. The fraction of sp³-hybridized carbons (Fsp3) is 0.200. The van der Waals surface area contributed by atoms with E-state index in [4.69, 9.17) is 4.65 Å². The molecule has 0 aliphatic rings. The molecule has 0 saturated heterocycles. The molecule has 3 heteroatoms. The normalized spacial score (nSPS) is 12.5. The van der Waals surface area contributed by atoms with Crippen LogP contribution in [-0.4, -0.2) is 23.8 Å². The van der Waals surface area contributed by atoms with Crippen LogP contribution in [0, 0.1) is 0 Å². The lowest BCUT2D eigenvalue weighted by Gasteiger charge is -2.37. The minimum atomic E-state index is -0.957. The predicted molar refractivity (Wildman–Crippen MR) is 143 cm³/mol. The fourth-order valence-corrected chi connectivity index (χ4v) is 4.54. The first kappa shape index (κ1) is 21.7. The number of rotatable bonds is 5. The lowest BCUT2D eigenvalue weighted by atomic mass is 9.75. The molecule has 0 aromatic heterocycles. The second-order valence-corrected chi connectivity index (χ2v) is 9.83. The molecule has 5 aromatic rings. The maximum atomic E-state index is 10.6. The molecule has 0 saturated carbocycles. The summed E-state index contributed by atoms with van der Waals surface area (Å²) in [4.78, 5) is 0. The molecule has 164 valence electrons. The summed E-state index contributed by atoms with van der Waals surface area (Å²) in [5, 5.41) is 17.9. The van der Waals surface area contributed by atoms with Crippen LogP contribution >= 0.6 is 0 Å². The molecular weight excluding hydrogens is 403 g/mol. The van der Waals surface area contributed by atoms with Gasteiger partial charge in [-0.05, 0) is 76.6 Å². The maximum Gasteiger partial charge on any atom is 0.310 e. The van der Waals surface area contributed by atoms with Crippen LogP contribution < -0.4 is 5.46 Å². The minimum absolute atomic E-state index is 0.424. The highest BCUT2D eigenvalue weighted by Gasteiger charge is 2.36. The number of benzene rings is 5. The van der Waals surface area contributed by atoms with Gasteiger partial charge in [0.1, 0.15) is 0 Å². The summed E-state index contributed by atoms with van der Waals surface area (Å²) in [5.74, 6) is 0. The Bertz CT molecular complexity index is 1420. The summed E-state index contributed by atoms with van der Waals surface area (Å²) in [6.45, 7) is 7.49. The van der Waals surface area contributed by atoms with Gasteiger partial charge in [-0.3, -0.25) is 0 Å². The van der Waals surface area contributed by atoms with Gasteiger partial charge in [-0.1, -0.05) is 91.0 Å². The van der Waals surface area contributed by atoms with E-state index >= 15 is 0 Å². The molecule has 5 aromatic carbocycles. The quantitative estimate of drug-likeness (QED) is 0.259. The van der Waals surface area contributed by atoms with Gasteiger partial charge < -0.3 is 9.76 Å². The minimum Gasteiger partial charge on any atom is -0.427 e. The van der Waals surface area contributed by atoms with Crippen molar-refractivity contribution in [2.75, 3.05) is 0 Å². The highest BCUT2D eigenvalue weighted by atomic mass is 16.5. The molecule has 0 heterocycles. The number of fused-ring (bicyclic) bond motifs is 3. The number of aliphatic hydroxyl groups is 1. The zero-order valence-electron chi connectivity index (χ0n) is 19.7. The Morgan fingerprint density at radius 3 is 1.67 bits per heavy atom. The molecule has 0 radical (unpaired) electrons. The van der Waals surface area contributed by atoms with E-state index in [1.54, 1.807) is 13.8 Å². The van der Waals surface area contributed by atoms with Crippen LogP contribution in [0.15, 0.2) is 91.0 Å². The van der Waals surface area contributed by atoms with Crippen LogP contribution in [0.5, 0.6) is 0 Å². The Hall–Kier alpha value is -3.14. The van der Waals surface area contributed by atoms with E-state index in [0.717, 1.165) is 5.46 Å². The summed E-state index contributed by atoms with van der Waals surface area (Å²) < 4.78 is 6.36. The van der Waals surface area contributed by atoms with Crippen molar-refractivity contribution < 1.29 is 9.76 Å². The van der Waals surface area contributed by atoms with E-state index in [2.05, 4.69) is 91.0 Å². The van der Waals surface area contributed by atoms with Crippen LogP contribution in [0.1, 0.15) is 27.7 Å². The Kier molecular flexibility index (Phi) is 5.27. The Balaban J connectivity index is 1.81. The molecule has 0 spiro atoms. The van der Waals surface area contributed by atoms with E-state index in [1.807, 2.05) is 13.8 Å². The zero-order chi connectivity index (χ0) is 23.2. The summed E-state index contributed by atoms with van der Waals surface area (Å²) in [6, 6.07) is 32.3. The van der Waals surface area contributed by atoms with E-state index in [-0.39, 0.29) is 0 Å². The first-order valence-electron chi connectivity index (χ1n) is 11.5. The highest BCUT2D eigenvalue weighted by molar-refractivity contribution is 6.57. The van der Waals surface area contributed by atoms with Crippen molar-refractivity contribution in [2.24, 2.45) is 0 Å². The molecule has 0 aliphatic heterocycles. The number of hydrogen-bond acceptors (Lipinski definition) is 2. The maximum absolute atomic E-state index is 10.6. The molecule has 1 N–H and O–H groups in total. The molecule has 0 amide bonds. The summed E-state index contributed by atoms with van der Waals surface area (Å²) in [6.07, 6.45) is 0. The third-order valence-electron chi connectivity index (χ3n) is 7.15. The van der Waals surface area contributed by atoms with Crippen LogP contribution in [0.3, 0.4) is 0 Å². The van der Waals surface area contributed by atoms with Gasteiger partial charge in [0.25, 0.3) is 0 Å². The molecule has 5 rings (SSSR count). The molecule has 0 aliphatic carbocycles. The van der Waals surface area contributed by atoms with E-state index in [9.17, 15) is 5.11 Å². The second kappa shape index (κ2) is 8.02. The standard InChI is InChI=1S/C30H29BO2/c1-29(2,32)30(3,4)33-31-28-25-17-9-7-15-23(25)27(24-16-8-10-18-26(24)28)22-19-11-13-20-12-5-6-14-21(20)22/h5-19,31-32H,1-4H3. The monoisotopic (exact) mass is 432 g/mol. The second-order valence-electron chi connectivity index (χ2n) is 9.83. The molecule has 0 fully saturated rings. The Morgan fingerprint density at radius 2 is 1.09 bits per heavy atom. The predicted octanol–water partition coefficient (Wildman–Crippen LogP) is 6.36. The van der Waals surface area contributed by atoms with E-state index in [0.29, 0.717) is 7.48 Å². The lowest BCUT2D eigenvalue weighted by Crippen LogP contribution is -2.49. The first-order chi connectivity index (χ1) is 15.8. The van der Waals surface area contributed by atoms with E-state index < -0.39 is 11.2 Å². The van der Waals surface area contributed by atoms with Crippen molar-refractivity contribution in [2.45, 2.75) is 38.9 Å². The van der Waals surface area contributed by atoms with Crippen molar-refractivity contribution in [1.82, 2.24) is 0 Å². The van der Waals surface area contributed by atoms with Gasteiger partial charge in [0.15, 0.2) is 0 Å². The first-order valence-corrected chi connectivity index (χ1v) is 11.5. The van der Waals surface area contributed by atoms with Crippen molar-refractivity contribution in [3.05, 3.63) is 91.0 Å². The van der Waals surface area contributed by atoms with Crippen LogP contribution in [0.2, 0.25) is 0 Å². The summed E-state index contributed by atoms with van der Waals surface area (Å²) >= 11 is 0. The van der Waals surface area contributed by atoms with Gasteiger partial charge in [-0.25, -0.2) is 0 Å². The van der Waals surface area contributed by atoms with Crippen molar-refractivity contribution in [3.63, 3.8) is 0 Å². The van der Waals surface area contributed by atoms with Gasteiger partial charge >= 0.3 is 7.48 Å². The summed E-state index contributed by atoms with van der Waals surface area (Å²) in [5.41, 5.74) is 2.00. The SMILES string of the molecule is CC(C)(O)C(C)(C)OBc1c2ccccc2c(-c2cccc3ccccc23)c2ccccc12. The third-order valence-corrected chi connectivity index (χ3v) is 7.15. The number of hydrogen-bond donors (Lipinski definition) is 1. The fourth-order valence-electron chi connectivity index (χ4n) is 4.54. The Labute approximate surface area is 196 Å². The summed E-state index contributed by atoms with van der Waals surface area (Å²) in [7, 11) is 0.424.